The Morgan fingerprint density at radius 3 is 1.62 bits per heavy atom. The summed E-state index contributed by atoms with van der Waals surface area (Å²) in [6.45, 7) is 1.70. The van der Waals surface area contributed by atoms with E-state index in [4.69, 9.17) is 20.4 Å². The van der Waals surface area contributed by atoms with E-state index in [2.05, 4.69) is 0 Å². The first-order chi connectivity index (χ1) is 5.98. The lowest BCUT2D eigenvalue weighted by Crippen LogP contribution is -2.30. The topological polar surface area (TPSA) is 80.9 Å². The molecule has 0 aromatic carbocycles. The highest BCUT2D eigenvalue weighted by atomic mass is 16.5. The van der Waals surface area contributed by atoms with Crippen molar-refractivity contribution in [3.8, 4) is 0 Å². The Kier molecular flexibility index (Phi) is 6.24. The number of rotatable bonds is 1. The lowest BCUT2D eigenvalue weighted by atomic mass is 9.95. The van der Waals surface area contributed by atoms with Crippen LogP contribution in [0, 0.1) is 0 Å². The van der Waals surface area contributed by atoms with Gasteiger partial charge >= 0.3 is 0 Å². The Balaban J connectivity index is 0.000000252. The van der Waals surface area contributed by atoms with Gasteiger partial charge in [-0.3, -0.25) is 0 Å². The molecule has 80 valence electrons. The summed E-state index contributed by atoms with van der Waals surface area (Å²) >= 11 is 0. The van der Waals surface area contributed by atoms with Crippen molar-refractivity contribution in [1.29, 1.82) is 0 Å². The molecule has 1 saturated carbocycles. The lowest BCUT2D eigenvalue weighted by molar-refractivity contribution is -0.180. The highest BCUT2D eigenvalue weighted by Gasteiger charge is 2.24. The van der Waals surface area contributed by atoms with E-state index in [-0.39, 0.29) is 0 Å². The molecule has 13 heavy (non-hydrogen) atoms. The highest BCUT2D eigenvalue weighted by molar-refractivity contribution is 4.69. The summed E-state index contributed by atoms with van der Waals surface area (Å²) in [5.74, 6) is -1.32. The van der Waals surface area contributed by atoms with Crippen molar-refractivity contribution in [2.24, 2.45) is 0 Å². The summed E-state index contributed by atoms with van der Waals surface area (Å²) in [7, 11) is 0. The van der Waals surface area contributed by atoms with Gasteiger partial charge in [0.15, 0.2) is 12.1 Å². The molecule has 0 saturated heterocycles. The molecule has 1 aliphatic carbocycles. The van der Waals surface area contributed by atoms with E-state index in [1.807, 2.05) is 0 Å². The molecular weight excluding hydrogens is 172 g/mol. The predicted octanol–water partition coefficient (Wildman–Crippen LogP) is 0.339. The minimum absolute atomic E-state index is 0.417. The maximum absolute atomic E-state index is 8.93. The molecule has 0 amide bonds. The minimum atomic E-state index is -1.32. The number of hydrogen-bond acceptors (Lipinski definition) is 4. The molecule has 0 heterocycles. The molecule has 0 aromatic heterocycles. The second-order valence-corrected chi connectivity index (χ2v) is 3.43. The molecule has 0 bridgehead atoms. The van der Waals surface area contributed by atoms with Crippen LogP contribution in [0.2, 0.25) is 0 Å². The second kappa shape index (κ2) is 6.32. The van der Waals surface area contributed by atoms with E-state index < -0.39 is 12.1 Å². The third-order valence-corrected chi connectivity index (χ3v) is 2.02. The van der Waals surface area contributed by atoms with Crippen molar-refractivity contribution >= 4 is 0 Å². The van der Waals surface area contributed by atoms with E-state index in [0.717, 1.165) is 19.3 Å². The summed E-state index contributed by atoms with van der Waals surface area (Å²) in [5, 5.41) is 33.7. The molecule has 1 fully saturated rings. The summed E-state index contributed by atoms with van der Waals surface area (Å²) in [6, 6.07) is 0. The number of aliphatic hydroxyl groups excluding tert-OH is 1. The Bertz CT molecular complexity index is 115. The van der Waals surface area contributed by atoms with Crippen molar-refractivity contribution in [2.45, 2.75) is 57.5 Å². The molecule has 4 nitrogen and oxygen atoms in total. The first-order valence-corrected chi connectivity index (χ1v) is 4.79. The number of hydrogen-bond donors (Lipinski definition) is 4. The molecule has 1 rings (SSSR count). The Morgan fingerprint density at radius 1 is 1.08 bits per heavy atom. The Morgan fingerprint density at radius 2 is 1.46 bits per heavy atom. The third kappa shape index (κ3) is 8.18. The van der Waals surface area contributed by atoms with E-state index in [1.165, 1.54) is 0 Å². The van der Waals surface area contributed by atoms with Crippen LogP contribution in [0.3, 0.4) is 0 Å². The van der Waals surface area contributed by atoms with Crippen LogP contribution in [-0.4, -0.2) is 32.5 Å². The van der Waals surface area contributed by atoms with Gasteiger partial charge in [-0.05, 0) is 19.3 Å². The first-order valence-electron chi connectivity index (χ1n) is 4.79. The quantitative estimate of drug-likeness (QED) is 0.452. The third-order valence-electron chi connectivity index (χ3n) is 2.02. The van der Waals surface area contributed by atoms with Gasteiger partial charge in [0, 0.05) is 12.8 Å². The van der Waals surface area contributed by atoms with Crippen LogP contribution in [-0.2, 0) is 0 Å². The minimum Gasteiger partial charge on any atom is -0.368 e. The van der Waals surface area contributed by atoms with Crippen molar-refractivity contribution in [3.63, 3.8) is 0 Å². The Labute approximate surface area is 78.8 Å². The predicted molar refractivity (Wildman–Crippen MR) is 48.8 cm³/mol. The molecule has 0 unspecified atom stereocenters. The van der Waals surface area contributed by atoms with Crippen molar-refractivity contribution in [3.05, 3.63) is 0 Å². The summed E-state index contributed by atoms with van der Waals surface area (Å²) in [4.78, 5) is 0. The first kappa shape index (κ1) is 12.8. The molecule has 4 N–H and O–H groups in total. The zero-order valence-electron chi connectivity index (χ0n) is 8.11. The zero-order valence-corrected chi connectivity index (χ0v) is 8.11. The van der Waals surface area contributed by atoms with Gasteiger partial charge in [-0.2, -0.15) is 0 Å². The van der Waals surface area contributed by atoms with Crippen molar-refractivity contribution < 1.29 is 20.4 Å². The molecule has 4 heteroatoms. The monoisotopic (exact) mass is 192 g/mol. The van der Waals surface area contributed by atoms with Crippen molar-refractivity contribution in [1.82, 2.24) is 0 Å². The molecule has 0 atom stereocenters. The highest BCUT2D eigenvalue weighted by Crippen LogP contribution is 2.24. The number of aliphatic hydroxyl groups is 4. The Hall–Kier alpha value is -0.160. The zero-order chi connectivity index (χ0) is 10.3. The van der Waals surface area contributed by atoms with Crippen LogP contribution in [0.15, 0.2) is 0 Å². The average molecular weight is 192 g/mol. The van der Waals surface area contributed by atoms with E-state index in [9.17, 15) is 0 Å². The van der Waals surface area contributed by atoms with E-state index in [1.54, 1.807) is 6.92 Å². The van der Waals surface area contributed by atoms with Gasteiger partial charge in [0.25, 0.3) is 0 Å². The fourth-order valence-electron chi connectivity index (χ4n) is 1.12. The van der Waals surface area contributed by atoms with Crippen LogP contribution >= 0.6 is 0 Å². The largest absolute Gasteiger partial charge is 0.368 e. The molecular formula is C9H20O4. The lowest BCUT2D eigenvalue weighted by Gasteiger charge is -2.25. The van der Waals surface area contributed by atoms with Crippen LogP contribution in [0.25, 0.3) is 0 Å². The molecule has 0 radical (unpaired) electrons. The van der Waals surface area contributed by atoms with Crippen LogP contribution in [0.4, 0.5) is 0 Å². The summed E-state index contributed by atoms with van der Waals surface area (Å²) < 4.78 is 0. The van der Waals surface area contributed by atoms with Crippen LogP contribution in [0.1, 0.15) is 45.4 Å². The summed E-state index contributed by atoms with van der Waals surface area (Å²) in [5.41, 5.74) is 0. The molecule has 0 aliphatic heterocycles. The van der Waals surface area contributed by atoms with E-state index >= 15 is 0 Å². The standard InChI is InChI=1S/C6H12O2.C3H8O2/c7-6(8)4-2-1-3-5-6;1-2-3(4)5/h7-8H,1-5H2;3-5H,2H2,1H3. The van der Waals surface area contributed by atoms with Crippen LogP contribution < -0.4 is 0 Å². The maximum atomic E-state index is 8.93. The van der Waals surface area contributed by atoms with Gasteiger partial charge in [0.2, 0.25) is 0 Å². The van der Waals surface area contributed by atoms with Gasteiger partial charge in [-0.25, -0.2) is 0 Å². The van der Waals surface area contributed by atoms with E-state index in [0.29, 0.717) is 19.3 Å². The van der Waals surface area contributed by atoms with Gasteiger partial charge in [-0.15, -0.1) is 0 Å². The van der Waals surface area contributed by atoms with Gasteiger partial charge in [-0.1, -0.05) is 13.3 Å². The second-order valence-electron chi connectivity index (χ2n) is 3.43. The molecule has 1 aliphatic rings. The normalized spacial score (nSPS) is 20.8. The smallest absolute Gasteiger partial charge is 0.162 e. The fraction of sp³-hybridized carbons (Fsp3) is 1.00. The average Bonchev–Trinajstić information content (AvgIpc) is 2.05. The fourth-order valence-corrected chi connectivity index (χ4v) is 1.12. The summed E-state index contributed by atoms with van der Waals surface area (Å²) in [6.07, 6.45) is 3.51. The maximum Gasteiger partial charge on any atom is 0.162 e. The van der Waals surface area contributed by atoms with Crippen molar-refractivity contribution in [2.75, 3.05) is 0 Å². The van der Waals surface area contributed by atoms with Crippen LogP contribution in [0.5, 0.6) is 0 Å². The van der Waals surface area contributed by atoms with Gasteiger partial charge < -0.3 is 20.4 Å². The molecule has 0 aromatic rings. The van der Waals surface area contributed by atoms with Gasteiger partial charge in [0.05, 0.1) is 0 Å². The molecule has 0 spiro atoms. The SMILES string of the molecule is CCC(O)O.OC1(O)CCCCC1. The van der Waals surface area contributed by atoms with Gasteiger partial charge in [0.1, 0.15) is 0 Å².